The SMILES string of the molecule is COc1cc([C@@H](C(=O)NC(C)(C)C)N(Cc2ccc(C)cc2)C(=O)CNC(=O)c2cccs2)cc(OC)c1OC. The normalized spacial score (nSPS) is 11.8. The molecule has 1 aromatic heterocycles. The van der Waals surface area contributed by atoms with Gasteiger partial charge in [-0.25, -0.2) is 0 Å². The third kappa shape index (κ3) is 7.75. The monoisotopic (exact) mass is 567 g/mol. The van der Waals surface area contributed by atoms with Gasteiger partial charge in [-0.15, -0.1) is 11.3 Å². The van der Waals surface area contributed by atoms with Crippen molar-refractivity contribution in [3.05, 3.63) is 75.5 Å². The predicted molar refractivity (Wildman–Crippen MR) is 155 cm³/mol. The third-order valence-electron chi connectivity index (χ3n) is 6.00. The molecular formula is C30H37N3O6S. The Morgan fingerprint density at radius 2 is 1.57 bits per heavy atom. The fourth-order valence-electron chi connectivity index (χ4n) is 4.14. The van der Waals surface area contributed by atoms with Gasteiger partial charge in [0.25, 0.3) is 5.91 Å². The summed E-state index contributed by atoms with van der Waals surface area (Å²) in [5.41, 5.74) is 1.77. The van der Waals surface area contributed by atoms with E-state index in [1.54, 1.807) is 29.6 Å². The van der Waals surface area contributed by atoms with E-state index >= 15 is 0 Å². The fourth-order valence-corrected chi connectivity index (χ4v) is 4.78. The lowest BCUT2D eigenvalue weighted by atomic mass is 9.99. The van der Waals surface area contributed by atoms with Crippen LogP contribution in [0.4, 0.5) is 0 Å². The summed E-state index contributed by atoms with van der Waals surface area (Å²) < 4.78 is 16.6. The molecule has 0 fully saturated rings. The number of carbonyl (C=O) groups excluding carboxylic acids is 3. The molecule has 0 aliphatic carbocycles. The topological polar surface area (TPSA) is 106 Å². The van der Waals surface area contributed by atoms with E-state index in [-0.39, 0.29) is 19.0 Å². The average molecular weight is 568 g/mol. The van der Waals surface area contributed by atoms with E-state index in [1.807, 2.05) is 52.0 Å². The van der Waals surface area contributed by atoms with Crippen molar-refractivity contribution in [1.82, 2.24) is 15.5 Å². The number of amides is 3. The zero-order chi connectivity index (χ0) is 29.4. The number of thiophene rings is 1. The van der Waals surface area contributed by atoms with Gasteiger partial charge in [0.05, 0.1) is 32.8 Å². The summed E-state index contributed by atoms with van der Waals surface area (Å²) in [6.07, 6.45) is 0. The number of rotatable bonds is 11. The van der Waals surface area contributed by atoms with Gasteiger partial charge in [-0.1, -0.05) is 35.9 Å². The molecule has 3 rings (SSSR count). The highest BCUT2D eigenvalue weighted by molar-refractivity contribution is 7.12. The van der Waals surface area contributed by atoms with Gasteiger partial charge in [0.15, 0.2) is 11.5 Å². The summed E-state index contributed by atoms with van der Waals surface area (Å²) in [6.45, 7) is 7.39. The van der Waals surface area contributed by atoms with Gasteiger partial charge in [0.2, 0.25) is 17.6 Å². The average Bonchev–Trinajstić information content (AvgIpc) is 3.46. The number of hydrogen-bond acceptors (Lipinski definition) is 7. The largest absolute Gasteiger partial charge is 0.493 e. The molecule has 3 aromatic rings. The molecule has 0 radical (unpaired) electrons. The van der Waals surface area contributed by atoms with Crippen molar-refractivity contribution in [2.75, 3.05) is 27.9 Å². The molecule has 2 N–H and O–H groups in total. The summed E-state index contributed by atoms with van der Waals surface area (Å²) in [5.74, 6) is -0.135. The van der Waals surface area contributed by atoms with E-state index < -0.39 is 23.4 Å². The molecule has 0 aliphatic heterocycles. The van der Waals surface area contributed by atoms with Crippen molar-refractivity contribution < 1.29 is 28.6 Å². The summed E-state index contributed by atoms with van der Waals surface area (Å²) in [7, 11) is 4.47. The minimum atomic E-state index is -1.08. The molecule has 0 spiro atoms. The first-order valence-corrected chi connectivity index (χ1v) is 13.6. The number of methoxy groups -OCH3 is 3. The van der Waals surface area contributed by atoms with E-state index in [9.17, 15) is 14.4 Å². The van der Waals surface area contributed by atoms with E-state index in [0.29, 0.717) is 27.7 Å². The predicted octanol–water partition coefficient (Wildman–Crippen LogP) is 4.50. The second-order valence-corrected chi connectivity index (χ2v) is 11.2. The molecule has 9 nitrogen and oxygen atoms in total. The highest BCUT2D eigenvalue weighted by Gasteiger charge is 2.35. The van der Waals surface area contributed by atoms with Crippen LogP contribution in [-0.4, -0.2) is 56.0 Å². The van der Waals surface area contributed by atoms with Gasteiger partial charge in [0.1, 0.15) is 6.04 Å². The quantitative estimate of drug-likeness (QED) is 0.354. The van der Waals surface area contributed by atoms with Gasteiger partial charge in [0, 0.05) is 12.1 Å². The van der Waals surface area contributed by atoms with Gasteiger partial charge in [-0.3, -0.25) is 14.4 Å². The number of ether oxygens (including phenoxy) is 3. The molecule has 2 aromatic carbocycles. The highest BCUT2D eigenvalue weighted by atomic mass is 32.1. The van der Waals surface area contributed by atoms with Crippen molar-refractivity contribution >= 4 is 29.1 Å². The van der Waals surface area contributed by atoms with Crippen molar-refractivity contribution in [2.24, 2.45) is 0 Å². The van der Waals surface area contributed by atoms with E-state index in [0.717, 1.165) is 11.1 Å². The molecule has 0 unspecified atom stereocenters. The van der Waals surface area contributed by atoms with Crippen LogP contribution in [-0.2, 0) is 16.1 Å². The first kappa shape index (κ1) is 30.5. The summed E-state index contributed by atoms with van der Waals surface area (Å²) >= 11 is 1.28. The van der Waals surface area contributed by atoms with Crippen LogP contribution < -0.4 is 24.8 Å². The lowest BCUT2D eigenvalue weighted by Crippen LogP contribution is -2.50. The molecule has 0 aliphatic rings. The molecule has 1 heterocycles. The molecule has 214 valence electrons. The molecule has 3 amide bonds. The zero-order valence-electron chi connectivity index (χ0n) is 24.0. The molecule has 1 atom stereocenters. The number of benzene rings is 2. The molecule has 0 saturated heterocycles. The van der Waals surface area contributed by atoms with Crippen molar-refractivity contribution in [3.8, 4) is 17.2 Å². The third-order valence-corrected chi connectivity index (χ3v) is 6.87. The van der Waals surface area contributed by atoms with Crippen LogP contribution in [0.15, 0.2) is 53.9 Å². The van der Waals surface area contributed by atoms with Gasteiger partial charge >= 0.3 is 0 Å². The lowest BCUT2D eigenvalue weighted by molar-refractivity contribution is -0.141. The van der Waals surface area contributed by atoms with Crippen LogP contribution in [0.3, 0.4) is 0 Å². The summed E-state index contributed by atoms with van der Waals surface area (Å²) in [4.78, 5) is 42.4. The van der Waals surface area contributed by atoms with E-state index in [4.69, 9.17) is 14.2 Å². The zero-order valence-corrected chi connectivity index (χ0v) is 24.8. The van der Waals surface area contributed by atoms with Gasteiger partial charge in [-0.05, 0) is 62.4 Å². The first-order valence-electron chi connectivity index (χ1n) is 12.8. The Balaban J connectivity index is 2.11. The Morgan fingerprint density at radius 3 is 2.08 bits per heavy atom. The highest BCUT2D eigenvalue weighted by Crippen LogP contribution is 2.41. The smallest absolute Gasteiger partial charge is 0.261 e. The summed E-state index contributed by atoms with van der Waals surface area (Å²) in [5, 5.41) is 7.49. The second kappa shape index (κ2) is 13.3. The number of aryl methyl sites for hydroxylation is 1. The minimum Gasteiger partial charge on any atom is -0.493 e. The maximum absolute atomic E-state index is 13.9. The summed E-state index contributed by atoms with van der Waals surface area (Å²) in [6, 6.07) is 13.4. The van der Waals surface area contributed by atoms with Crippen molar-refractivity contribution in [3.63, 3.8) is 0 Å². The van der Waals surface area contributed by atoms with Crippen LogP contribution in [0.1, 0.15) is 53.2 Å². The Bertz CT molecular complexity index is 1290. The molecule has 10 heteroatoms. The molecule has 40 heavy (non-hydrogen) atoms. The van der Waals surface area contributed by atoms with Crippen LogP contribution in [0.2, 0.25) is 0 Å². The minimum absolute atomic E-state index is 0.118. The van der Waals surface area contributed by atoms with Crippen LogP contribution in [0, 0.1) is 6.92 Å². The molecule has 0 saturated carbocycles. The second-order valence-electron chi connectivity index (χ2n) is 10.3. The number of nitrogens with zero attached hydrogens (tertiary/aromatic N) is 1. The first-order chi connectivity index (χ1) is 19.0. The van der Waals surface area contributed by atoms with Gasteiger partial charge in [-0.2, -0.15) is 0 Å². The maximum atomic E-state index is 13.9. The van der Waals surface area contributed by atoms with Crippen LogP contribution in [0.25, 0.3) is 0 Å². The maximum Gasteiger partial charge on any atom is 0.261 e. The van der Waals surface area contributed by atoms with Crippen LogP contribution in [0.5, 0.6) is 17.2 Å². The van der Waals surface area contributed by atoms with E-state index in [1.165, 1.54) is 37.6 Å². The van der Waals surface area contributed by atoms with Gasteiger partial charge < -0.3 is 29.7 Å². The van der Waals surface area contributed by atoms with Crippen molar-refractivity contribution in [1.29, 1.82) is 0 Å². The Morgan fingerprint density at radius 1 is 0.950 bits per heavy atom. The standard InChI is InChI=1S/C30H37N3O6S/c1-19-10-12-20(13-11-19)18-33(25(34)17-31-28(35)24-9-8-14-40-24)26(29(36)32-30(2,3)4)21-15-22(37-5)27(39-7)23(16-21)38-6/h8-16,26H,17-18H2,1-7H3,(H,31,35)(H,32,36)/t26-/m0/s1. The Hall–Kier alpha value is -4.05. The number of carbonyl (C=O) groups is 3. The van der Waals surface area contributed by atoms with E-state index in [2.05, 4.69) is 10.6 Å². The Labute approximate surface area is 239 Å². The van der Waals surface area contributed by atoms with Crippen molar-refractivity contribution in [2.45, 2.75) is 45.8 Å². The Kier molecular flexibility index (Phi) is 10.2. The molecule has 0 bridgehead atoms. The fraction of sp³-hybridized carbons (Fsp3) is 0.367. The lowest BCUT2D eigenvalue weighted by Gasteiger charge is -2.34. The number of hydrogen-bond donors (Lipinski definition) is 2. The molecular weight excluding hydrogens is 530 g/mol. The van der Waals surface area contributed by atoms with Crippen LogP contribution >= 0.6 is 11.3 Å². The number of nitrogens with one attached hydrogen (secondary N) is 2.